The number of piperidine rings is 1. The summed E-state index contributed by atoms with van der Waals surface area (Å²) in [5.41, 5.74) is 1.83. The summed E-state index contributed by atoms with van der Waals surface area (Å²) >= 11 is 0. The smallest absolute Gasteiger partial charge is 0.255 e. The van der Waals surface area contributed by atoms with Crippen LogP contribution < -0.4 is 5.32 Å². The fourth-order valence-electron chi connectivity index (χ4n) is 5.62. The molecule has 0 unspecified atom stereocenters. The standard InChI is InChI=1S/C33H47N5O4Si/c1-32(2,3)28(31(40)37-16-14-33(41,15-17-37)24-10-8-7-9-11-24)36-30(39)25-21-38(22-42-18-19-43(4,5)6)29-27(25)35-26(20-34-29)23-12-13-23/h7-11,20-21,23,28,41H,12-19,22H2,1-6H3,(H,36,39)/t28-/m0/s1. The van der Waals surface area contributed by atoms with Gasteiger partial charge >= 0.3 is 0 Å². The van der Waals surface area contributed by atoms with Crippen LogP contribution in [-0.4, -0.2) is 70.2 Å². The quantitative estimate of drug-likeness (QED) is 0.241. The van der Waals surface area contributed by atoms with E-state index in [1.807, 2.05) is 61.9 Å². The Labute approximate surface area is 256 Å². The molecule has 3 aromatic rings. The van der Waals surface area contributed by atoms with E-state index in [1.54, 1.807) is 11.1 Å². The van der Waals surface area contributed by atoms with Crippen molar-refractivity contribution in [2.45, 2.75) is 96.4 Å². The summed E-state index contributed by atoms with van der Waals surface area (Å²) in [5, 5.41) is 14.4. The minimum Gasteiger partial charge on any atom is -0.385 e. The first kappa shape index (κ1) is 31.3. The van der Waals surface area contributed by atoms with Crippen molar-refractivity contribution in [3.05, 3.63) is 59.5 Å². The molecule has 10 heteroatoms. The Morgan fingerprint density at radius 3 is 2.42 bits per heavy atom. The van der Waals surface area contributed by atoms with Crippen LogP contribution in [0, 0.1) is 5.41 Å². The molecule has 1 saturated heterocycles. The van der Waals surface area contributed by atoms with Crippen molar-refractivity contribution < 1.29 is 19.4 Å². The highest BCUT2D eigenvalue weighted by Crippen LogP contribution is 2.39. The SMILES string of the molecule is CC(C)(C)[C@@H](NC(=O)c1cn(COCC[Si](C)(C)C)c2ncc(C3CC3)nc12)C(=O)N1CCC(O)(c2ccccc2)CC1. The molecule has 2 aliphatic rings. The number of nitrogens with one attached hydrogen (secondary N) is 1. The van der Waals surface area contributed by atoms with E-state index in [2.05, 4.69) is 25.0 Å². The zero-order valence-electron chi connectivity index (χ0n) is 26.5. The van der Waals surface area contributed by atoms with Gasteiger partial charge in [0.25, 0.3) is 5.91 Å². The Balaban J connectivity index is 1.34. The number of aliphatic hydroxyl groups is 1. The monoisotopic (exact) mass is 605 g/mol. The van der Waals surface area contributed by atoms with E-state index in [0.29, 0.717) is 55.2 Å². The predicted octanol–water partition coefficient (Wildman–Crippen LogP) is 5.28. The van der Waals surface area contributed by atoms with Gasteiger partial charge in [0.1, 0.15) is 18.3 Å². The second kappa shape index (κ2) is 12.1. The van der Waals surface area contributed by atoms with Gasteiger partial charge in [-0.25, -0.2) is 9.97 Å². The van der Waals surface area contributed by atoms with E-state index in [1.165, 1.54) is 0 Å². The lowest BCUT2D eigenvalue weighted by Gasteiger charge is -2.41. The number of aromatic nitrogens is 3. The van der Waals surface area contributed by atoms with E-state index < -0.39 is 25.1 Å². The molecular formula is C33H47N5O4Si. The summed E-state index contributed by atoms with van der Waals surface area (Å²) in [5.74, 6) is -0.0972. The number of fused-ring (bicyclic) bond motifs is 1. The highest BCUT2D eigenvalue weighted by molar-refractivity contribution is 6.76. The fraction of sp³-hybridized carbons (Fsp3) is 0.576. The van der Waals surface area contributed by atoms with Crippen LogP contribution in [0.3, 0.4) is 0 Å². The van der Waals surface area contributed by atoms with Crippen LogP contribution in [0.4, 0.5) is 0 Å². The topological polar surface area (TPSA) is 110 Å². The minimum atomic E-state index is -1.24. The maximum absolute atomic E-state index is 13.9. The molecule has 232 valence electrons. The summed E-state index contributed by atoms with van der Waals surface area (Å²) in [6.07, 6.45) is 6.62. The molecule has 3 heterocycles. The van der Waals surface area contributed by atoms with Crippen molar-refractivity contribution in [3.8, 4) is 0 Å². The molecule has 1 aliphatic carbocycles. The van der Waals surface area contributed by atoms with Crippen LogP contribution in [0.1, 0.15) is 74.0 Å². The van der Waals surface area contributed by atoms with E-state index in [9.17, 15) is 14.7 Å². The molecule has 9 nitrogen and oxygen atoms in total. The molecule has 2 fully saturated rings. The van der Waals surface area contributed by atoms with Crippen molar-refractivity contribution in [1.82, 2.24) is 24.8 Å². The van der Waals surface area contributed by atoms with Gasteiger partial charge in [-0.2, -0.15) is 0 Å². The first-order chi connectivity index (χ1) is 20.2. The molecule has 1 atom stereocenters. The highest BCUT2D eigenvalue weighted by atomic mass is 28.3. The van der Waals surface area contributed by atoms with Crippen molar-refractivity contribution >= 4 is 31.1 Å². The normalized spacial score (nSPS) is 18.1. The Morgan fingerprint density at radius 2 is 1.81 bits per heavy atom. The molecule has 0 bridgehead atoms. The molecule has 2 amide bonds. The van der Waals surface area contributed by atoms with Crippen LogP contribution in [0.25, 0.3) is 11.2 Å². The first-order valence-electron chi connectivity index (χ1n) is 15.6. The number of rotatable bonds is 10. The molecule has 1 saturated carbocycles. The first-order valence-corrected chi connectivity index (χ1v) is 19.3. The Kier molecular flexibility index (Phi) is 8.84. The molecule has 1 aliphatic heterocycles. The van der Waals surface area contributed by atoms with Crippen molar-refractivity contribution in [3.63, 3.8) is 0 Å². The lowest BCUT2D eigenvalue weighted by atomic mass is 9.82. The van der Waals surface area contributed by atoms with Gasteiger partial charge in [0, 0.05) is 39.9 Å². The number of amides is 2. The van der Waals surface area contributed by atoms with Crippen LogP contribution in [0.2, 0.25) is 25.7 Å². The molecule has 5 rings (SSSR count). The molecule has 0 radical (unpaired) electrons. The molecular weight excluding hydrogens is 558 g/mol. The van der Waals surface area contributed by atoms with Gasteiger partial charge in [-0.05, 0) is 42.7 Å². The van der Waals surface area contributed by atoms with E-state index in [4.69, 9.17) is 14.7 Å². The largest absolute Gasteiger partial charge is 0.385 e. The average Bonchev–Trinajstić information content (AvgIpc) is 3.75. The Bertz CT molecular complexity index is 1450. The minimum absolute atomic E-state index is 0.140. The number of hydrogen-bond donors (Lipinski definition) is 2. The lowest BCUT2D eigenvalue weighted by Crippen LogP contribution is -2.57. The van der Waals surface area contributed by atoms with Crippen molar-refractivity contribution in [1.29, 1.82) is 0 Å². The molecule has 1 aromatic carbocycles. The van der Waals surface area contributed by atoms with Crippen LogP contribution >= 0.6 is 0 Å². The fourth-order valence-corrected chi connectivity index (χ4v) is 6.38. The second-order valence-electron chi connectivity index (χ2n) is 14.6. The maximum Gasteiger partial charge on any atom is 0.255 e. The van der Waals surface area contributed by atoms with Gasteiger partial charge < -0.3 is 24.6 Å². The summed E-state index contributed by atoms with van der Waals surface area (Å²) in [4.78, 5) is 39.2. The summed E-state index contributed by atoms with van der Waals surface area (Å²) in [6.45, 7) is 14.6. The van der Waals surface area contributed by atoms with Crippen molar-refractivity contribution in [2.24, 2.45) is 5.41 Å². The van der Waals surface area contributed by atoms with Crippen molar-refractivity contribution in [2.75, 3.05) is 19.7 Å². The van der Waals surface area contributed by atoms with E-state index in [-0.39, 0.29) is 18.5 Å². The second-order valence-corrected chi connectivity index (χ2v) is 20.2. The number of hydrogen-bond acceptors (Lipinski definition) is 6. The number of carbonyl (C=O) groups is 2. The highest BCUT2D eigenvalue weighted by Gasteiger charge is 2.41. The number of likely N-dealkylation sites (tertiary alicyclic amines) is 1. The van der Waals surface area contributed by atoms with E-state index in [0.717, 1.165) is 30.1 Å². The predicted molar refractivity (Wildman–Crippen MR) is 170 cm³/mol. The van der Waals surface area contributed by atoms with Crippen LogP contribution in [0.5, 0.6) is 0 Å². The number of nitrogens with zero attached hydrogens (tertiary/aromatic N) is 4. The third kappa shape index (κ3) is 7.36. The molecule has 2 aromatic heterocycles. The van der Waals surface area contributed by atoms with Gasteiger partial charge in [0.2, 0.25) is 5.91 Å². The summed E-state index contributed by atoms with van der Waals surface area (Å²) < 4.78 is 7.85. The lowest BCUT2D eigenvalue weighted by molar-refractivity contribution is -0.140. The van der Waals surface area contributed by atoms with E-state index >= 15 is 0 Å². The average molecular weight is 606 g/mol. The third-order valence-corrected chi connectivity index (χ3v) is 10.4. The number of carbonyl (C=O) groups excluding carboxylic acids is 2. The summed E-state index contributed by atoms with van der Waals surface area (Å²) in [6, 6.07) is 9.93. The number of benzene rings is 1. The van der Waals surface area contributed by atoms with Gasteiger partial charge in [-0.1, -0.05) is 70.7 Å². The summed E-state index contributed by atoms with van der Waals surface area (Å²) in [7, 11) is -1.24. The van der Waals surface area contributed by atoms with Gasteiger partial charge in [-0.3, -0.25) is 9.59 Å². The molecule has 0 spiro atoms. The number of ether oxygens (including phenoxy) is 1. The maximum atomic E-state index is 13.9. The Morgan fingerprint density at radius 1 is 1.14 bits per heavy atom. The third-order valence-electron chi connectivity index (χ3n) is 8.65. The van der Waals surface area contributed by atoms with Gasteiger partial charge in [0.05, 0.1) is 23.1 Å². The molecule has 43 heavy (non-hydrogen) atoms. The van der Waals surface area contributed by atoms with Gasteiger partial charge in [0.15, 0.2) is 5.65 Å². The molecule has 2 N–H and O–H groups in total. The van der Waals surface area contributed by atoms with Crippen LogP contribution in [0.15, 0.2) is 42.7 Å². The Hall–Kier alpha value is -3.08. The zero-order valence-corrected chi connectivity index (χ0v) is 27.5. The van der Waals surface area contributed by atoms with Crippen LogP contribution in [-0.2, 0) is 21.9 Å². The van der Waals surface area contributed by atoms with Gasteiger partial charge in [-0.15, -0.1) is 0 Å². The zero-order chi connectivity index (χ0) is 31.0.